The first-order valence-electron chi connectivity index (χ1n) is 6.10. The Hall–Kier alpha value is -0.650. The van der Waals surface area contributed by atoms with Gasteiger partial charge in [0.05, 0.1) is 0 Å². The molecule has 5 heteroatoms. The van der Waals surface area contributed by atoms with E-state index in [2.05, 4.69) is 15.1 Å². The molecule has 3 rings (SSSR count). The van der Waals surface area contributed by atoms with Crippen LogP contribution in [0.3, 0.4) is 0 Å². The summed E-state index contributed by atoms with van der Waals surface area (Å²) in [7, 11) is 0. The molecular formula is C11H21N3O2. The minimum atomic E-state index is -0.000466. The van der Waals surface area contributed by atoms with E-state index in [1.165, 1.54) is 13.1 Å². The molecule has 1 atom stereocenters. The van der Waals surface area contributed by atoms with Crippen LogP contribution in [0.2, 0.25) is 0 Å². The lowest BCUT2D eigenvalue weighted by atomic mass is 10.1. The van der Waals surface area contributed by atoms with Crippen LogP contribution in [-0.4, -0.2) is 74.2 Å². The predicted molar refractivity (Wildman–Crippen MR) is 61.3 cm³/mol. The Morgan fingerprint density at radius 3 is 2.69 bits per heavy atom. The maximum Gasteiger partial charge on any atom is 0.246 e. The van der Waals surface area contributed by atoms with Crippen LogP contribution in [0.1, 0.15) is 6.92 Å². The second-order valence-corrected chi connectivity index (χ2v) is 4.43. The summed E-state index contributed by atoms with van der Waals surface area (Å²) in [5.74, 6) is -0.000466. The number of amides is 1. The molecule has 0 aromatic carbocycles. The number of hydrogen-bond acceptors (Lipinski definition) is 4. The summed E-state index contributed by atoms with van der Waals surface area (Å²) < 4.78 is 5.06. The van der Waals surface area contributed by atoms with E-state index in [0.717, 1.165) is 26.2 Å². The van der Waals surface area contributed by atoms with Crippen molar-refractivity contribution >= 4 is 5.91 Å². The molecule has 1 amide bonds. The summed E-state index contributed by atoms with van der Waals surface area (Å²) in [6.45, 7) is 9.18. The summed E-state index contributed by atoms with van der Waals surface area (Å²) >= 11 is 0. The molecule has 0 aliphatic carbocycles. The summed E-state index contributed by atoms with van der Waals surface area (Å²) in [4.78, 5) is 16.3. The Labute approximate surface area is 96.7 Å². The lowest BCUT2D eigenvalue weighted by molar-refractivity contribution is -0.126. The highest BCUT2D eigenvalue weighted by molar-refractivity contribution is 5.77. The van der Waals surface area contributed by atoms with Crippen molar-refractivity contribution in [1.82, 2.24) is 15.1 Å². The van der Waals surface area contributed by atoms with Gasteiger partial charge in [0.2, 0.25) is 5.91 Å². The fourth-order valence-electron chi connectivity index (χ4n) is 2.40. The maximum atomic E-state index is 11.4. The van der Waals surface area contributed by atoms with Gasteiger partial charge in [-0.1, -0.05) is 0 Å². The predicted octanol–water partition coefficient (Wildman–Crippen LogP) is -0.861. The van der Waals surface area contributed by atoms with E-state index in [4.69, 9.17) is 4.74 Å². The number of ether oxygens (including phenoxy) is 1. The molecule has 0 spiro atoms. The number of hydrogen-bond donors (Lipinski definition) is 1. The van der Waals surface area contributed by atoms with Gasteiger partial charge >= 0.3 is 0 Å². The van der Waals surface area contributed by atoms with Gasteiger partial charge in [0.1, 0.15) is 6.61 Å². The SMILES string of the molecule is CCOCC(=O)NCC1CN2CCN1CC2. The Bertz CT molecular complexity index is 239. The standard InChI is InChI=1S/C11H21N3O2/c1-2-16-9-11(15)12-7-10-8-13-3-5-14(10)6-4-13/h10H,2-9H2,1H3,(H,12,15). The Kier molecular flexibility index (Phi) is 4.15. The fourth-order valence-corrected chi connectivity index (χ4v) is 2.40. The summed E-state index contributed by atoms with van der Waals surface area (Å²) in [6, 6.07) is 0.494. The van der Waals surface area contributed by atoms with Crippen LogP contribution in [0.15, 0.2) is 0 Å². The largest absolute Gasteiger partial charge is 0.372 e. The molecule has 3 aliphatic heterocycles. The third-order valence-electron chi connectivity index (χ3n) is 3.36. The Balaban J connectivity index is 1.68. The molecule has 1 unspecified atom stereocenters. The molecule has 5 nitrogen and oxygen atoms in total. The van der Waals surface area contributed by atoms with Gasteiger partial charge in [-0.25, -0.2) is 0 Å². The van der Waals surface area contributed by atoms with Crippen LogP contribution in [-0.2, 0) is 9.53 Å². The molecule has 16 heavy (non-hydrogen) atoms. The van der Waals surface area contributed by atoms with E-state index in [1.54, 1.807) is 0 Å². The second kappa shape index (κ2) is 5.61. The number of carbonyl (C=O) groups excluding carboxylic acids is 1. The average molecular weight is 227 g/mol. The molecular weight excluding hydrogens is 206 g/mol. The number of fused-ring (bicyclic) bond motifs is 3. The van der Waals surface area contributed by atoms with Crippen molar-refractivity contribution in [3.8, 4) is 0 Å². The second-order valence-electron chi connectivity index (χ2n) is 4.43. The number of piperazine rings is 3. The zero-order valence-electron chi connectivity index (χ0n) is 9.95. The van der Waals surface area contributed by atoms with E-state index in [-0.39, 0.29) is 12.5 Å². The number of nitrogens with one attached hydrogen (secondary N) is 1. The van der Waals surface area contributed by atoms with Gasteiger partial charge in [0.15, 0.2) is 0 Å². The van der Waals surface area contributed by atoms with Crippen LogP contribution in [0.4, 0.5) is 0 Å². The third-order valence-corrected chi connectivity index (χ3v) is 3.36. The Morgan fingerprint density at radius 1 is 1.38 bits per heavy atom. The van der Waals surface area contributed by atoms with Gasteiger partial charge < -0.3 is 10.1 Å². The molecule has 92 valence electrons. The third kappa shape index (κ3) is 2.93. The minimum absolute atomic E-state index is 0.000466. The molecule has 0 saturated carbocycles. The molecule has 3 fully saturated rings. The summed E-state index contributed by atoms with van der Waals surface area (Å²) in [5, 5.41) is 2.94. The number of nitrogens with zero attached hydrogens (tertiary/aromatic N) is 2. The topological polar surface area (TPSA) is 44.8 Å². The monoisotopic (exact) mass is 227 g/mol. The lowest BCUT2D eigenvalue weighted by Gasteiger charge is -2.47. The van der Waals surface area contributed by atoms with Crippen molar-refractivity contribution in [3.63, 3.8) is 0 Å². The molecule has 3 aliphatic rings. The van der Waals surface area contributed by atoms with Crippen molar-refractivity contribution in [2.45, 2.75) is 13.0 Å². The van der Waals surface area contributed by atoms with Crippen LogP contribution in [0, 0.1) is 0 Å². The van der Waals surface area contributed by atoms with E-state index in [1.807, 2.05) is 6.92 Å². The Morgan fingerprint density at radius 2 is 2.12 bits per heavy atom. The molecule has 0 aromatic rings. The zero-order valence-corrected chi connectivity index (χ0v) is 9.95. The quantitative estimate of drug-likeness (QED) is 0.664. The highest BCUT2D eigenvalue weighted by atomic mass is 16.5. The molecule has 3 heterocycles. The van der Waals surface area contributed by atoms with Crippen molar-refractivity contribution in [3.05, 3.63) is 0 Å². The van der Waals surface area contributed by atoms with Crippen molar-refractivity contribution in [2.24, 2.45) is 0 Å². The van der Waals surface area contributed by atoms with Gasteiger partial charge in [0, 0.05) is 51.9 Å². The van der Waals surface area contributed by atoms with E-state index >= 15 is 0 Å². The molecule has 0 radical (unpaired) electrons. The van der Waals surface area contributed by atoms with Crippen LogP contribution in [0.25, 0.3) is 0 Å². The molecule has 2 bridgehead atoms. The molecule has 0 aromatic heterocycles. The summed E-state index contributed by atoms with van der Waals surface area (Å²) in [6.07, 6.45) is 0. The van der Waals surface area contributed by atoms with Crippen LogP contribution < -0.4 is 5.32 Å². The fraction of sp³-hybridized carbons (Fsp3) is 0.909. The first-order chi connectivity index (χ1) is 7.79. The van der Waals surface area contributed by atoms with Crippen molar-refractivity contribution in [2.75, 3.05) is 52.5 Å². The van der Waals surface area contributed by atoms with Gasteiger partial charge in [-0.05, 0) is 6.92 Å². The molecule has 1 N–H and O–H groups in total. The van der Waals surface area contributed by atoms with Gasteiger partial charge in [0.25, 0.3) is 0 Å². The van der Waals surface area contributed by atoms with Crippen molar-refractivity contribution in [1.29, 1.82) is 0 Å². The first-order valence-corrected chi connectivity index (χ1v) is 6.10. The summed E-state index contributed by atoms with van der Waals surface area (Å²) in [5.41, 5.74) is 0. The normalized spacial score (nSPS) is 32.7. The average Bonchev–Trinajstić information content (AvgIpc) is 2.35. The van der Waals surface area contributed by atoms with E-state index < -0.39 is 0 Å². The first kappa shape index (κ1) is 11.8. The highest BCUT2D eigenvalue weighted by Crippen LogP contribution is 2.14. The minimum Gasteiger partial charge on any atom is -0.372 e. The number of rotatable bonds is 5. The highest BCUT2D eigenvalue weighted by Gasteiger charge is 2.31. The van der Waals surface area contributed by atoms with Gasteiger partial charge in [-0.3, -0.25) is 14.6 Å². The lowest BCUT2D eigenvalue weighted by Crippen LogP contribution is -2.63. The van der Waals surface area contributed by atoms with Gasteiger partial charge in [-0.2, -0.15) is 0 Å². The maximum absolute atomic E-state index is 11.4. The van der Waals surface area contributed by atoms with Crippen LogP contribution >= 0.6 is 0 Å². The van der Waals surface area contributed by atoms with Crippen LogP contribution in [0.5, 0.6) is 0 Å². The van der Waals surface area contributed by atoms with E-state index in [9.17, 15) is 4.79 Å². The zero-order chi connectivity index (χ0) is 11.4. The molecule has 3 saturated heterocycles. The number of carbonyl (C=O) groups is 1. The van der Waals surface area contributed by atoms with Gasteiger partial charge in [-0.15, -0.1) is 0 Å². The smallest absolute Gasteiger partial charge is 0.246 e. The van der Waals surface area contributed by atoms with Crippen molar-refractivity contribution < 1.29 is 9.53 Å². The van der Waals surface area contributed by atoms with E-state index in [0.29, 0.717) is 12.6 Å².